The molecule has 0 unspecified atom stereocenters. The number of para-hydroxylation sites is 1. The van der Waals surface area contributed by atoms with E-state index in [1.54, 1.807) is 4.90 Å². The molecule has 1 aliphatic heterocycles. The Morgan fingerprint density at radius 1 is 1.33 bits per heavy atom. The molecular formula is C21H23N3O6. The number of esters is 1. The largest absolute Gasteiger partial charge is 0.449 e. The Labute approximate surface area is 173 Å². The molecule has 2 aromatic carbocycles. The van der Waals surface area contributed by atoms with Crippen molar-refractivity contribution in [3.8, 4) is 0 Å². The fourth-order valence-corrected chi connectivity index (χ4v) is 3.53. The Morgan fingerprint density at radius 3 is 2.77 bits per heavy atom. The minimum atomic E-state index is -1.09. The summed E-state index contributed by atoms with van der Waals surface area (Å²) in [6.45, 7) is 3.36. The van der Waals surface area contributed by atoms with Crippen LogP contribution in [0, 0.1) is 10.1 Å². The van der Waals surface area contributed by atoms with Gasteiger partial charge in [-0.3, -0.25) is 14.9 Å². The SMILES string of the molecule is C[C@H](OC(=O)c1cc([N+](=O)[O-])ccc1NCCO)C(=O)N1c2ccccc2C[C@H]1C. The number of aliphatic hydroxyl groups excluding tert-OH is 1. The summed E-state index contributed by atoms with van der Waals surface area (Å²) in [5.41, 5.74) is 1.76. The molecule has 0 fully saturated rings. The van der Waals surface area contributed by atoms with Crippen molar-refractivity contribution < 1.29 is 24.4 Å². The number of aliphatic hydroxyl groups is 1. The Hall–Kier alpha value is -3.46. The summed E-state index contributed by atoms with van der Waals surface area (Å²) >= 11 is 0. The van der Waals surface area contributed by atoms with E-state index < -0.39 is 17.0 Å². The van der Waals surface area contributed by atoms with Crippen LogP contribution in [-0.2, 0) is 16.0 Å². The van der Waals surface area contributed by atoms with Crippen molar-refractivity contribution in [1.29, 1.82) is 0 Å². The predicted octanol–water partition coefficient (Wildman–Crippen LogP) is 2.52. The highest BCUT2D eigenvalue weighted by Crippen LogP contribution is 2.32. The molecule has 158 valence electrons. The fraction of sp³-hybridized carbons (Fsp3) is 0.333. The lowest BCUT2D eigenvalue weighted by atomic mass is 10.1. The average Bonchev–Trinajstić information content (AvgIpc) is 3.06. The Balaban J connectivity index is 1.80. The zero-order chi connectivity index (χ0) is 21.8. The molecule has 0 spiro atoms. The van der Waals surface area contributed by atoms with Crippen LogP contribution in [0.25, 0.3) is 0 Å². The van der Waals surface area contributed by atoms with E-state index in [1.807, 2.05) is 31.2 Å². The number of carbonyl (C=O) groups excluding carboxylic acids is 2. The standard InChI is InChI=1S/C21H23N3O6/c1-13-11-15-5-3-4-6-19(15)23(13)20(26)14(2)30-21(27)17-12-16(24(28)29)7-8-18(17)22-9-10-25/h3-8,12-14,22,25H,9-11H2,1-2H3/t13-,14+/m1/s1. The van der Waals surface area contributed by atoms with Crippen molar-refractivity contribution in [2.75, 3.05) is 23.4 Å². The molecule has 0 saturated carbocycles. The molecule has 2 aromatic rings. The van der Waals surface area contributed by atoms with Crippen LogP contribution < -0.4 is 10.2 Å². The van der Waals surface area contributed by atoms with Crippen molar-refractivity contribution in [3.05, 3.63) is 63.7 Å². The van der Waals surface area contributed by atoms with Gasteiger partial charge in [-0.1, -0.05) is 18.2 Å². The highest BCUT2D eigenvalue weighted by atomic mass is 16.6. The number of carbonyl (C=O) groups is 2. The lowest BCUT2D eigenvalue weighted by Crippen LogP contribution is -2.43. The third-order valence-electron chi connectivity index (χ3n) is 4.94. The van der Waals surface area contributed by atoms with Crippen LogP contribution in [-0.4, -0.2) is 47.2 Å². The minimum absolute atomic E-state index is 0.0735. The number of hydrogen-bond donors (Lipinski definition) is 2. The molecule has 0 aromatic heterocycles. The van der Waals surface area contributed by atoms with E-state index in [0.29, 0.717) is 6.42 Å². The molecule has 0 bridgehead atoms. The highest BCUT2D eigenvalue weighted by molar-refractivity contribution is 6.02. The second kappa shape index (κ2) is 8.91. The first kappa shape index (κ1) is 21.3. The molecule has 30 heavy (non-hydrogen) atoms. The van der Waals surface area contributed by atoms with E-state index >= 15 is 0 Å². The van der Waals surface area contributed by atoms with Crippen LogP contribution in [0.3, 0.4) is 0 Å². The number of rotatable bonds is 7. The highest BCUT2D eigenvalue weighted by Gasteiger charge is 2.35. The minimum Gasteiger partial charge on any atom is -0.449 e. The molecular weight excluding hydrogens is 390 g/mol. The monoisotopic (exact) mass is 413 g/mol. The number of amides is 1. The van der Waals surface area contributed by atoms with Crippen LogP contribution in [0.1, 0.15) is 29.8 Å². The van der Waals surface area contributed by atoms with Crippen LogP contribution in [0.5, 0.6) is 0 Å². The van der Waals surface area contributed by atoms with Crippen molar-refractivity contribution in [2.45, 2.75) is 32.4 Å². The van der Waals surface area contributed by atoms with Gasteiger partial charge in [0.15, 0.2) is 6.10 Å². The van der Waals surface area contributed by atoms with Crippen LogP contribution in [0.15, 0.2) is 42.5 Å². The van der Waals surface area contributed by atoms with Crippen LogP contribution >= 0.6 is 0 Å². The maximum absolute atomic E-state index is 13.0. The lowest BCUT2D eigenvalue weighted by molar-refractivity contribution is -0.384. The Bertz CT molecular complexity index is 977. The number of benzene rings is 2. The molecule has 3 rings (SSSR count). The smallest absolute Gasteiger partial charge is 0.341 e. The van der Waals surface area contributed by atoms with Crippen molar-refractivity contribution >= 4 is 28.9 Å². The molecule has 1 heterocycles. The number of nitro groups is 1. The number of hydrogen-bond acceptors (Lipinski definition) is 7. The molecule has 9 heteroatoms. The number of non-ortho nitro benzene ring substituents is 1. The van der Waals surface area contributed by atoms with Crippen LogP contribution in [0.2, 0.25) is 0 Å². The lowest BCUT2D eigenvalue weighted by Gasteiger charge is -2.26. The van der Waals surface area contributed by atoms with Gasteiger partial charge in [0, 0.05) is 36.1 Å². The van der Waals surface area contributed by atoms with Gasteiger partial charge >= 0.3 is 5.97 Å². The van der Waals surface area contributed by atoms with Gasteiger partial charge in [0.25, 0.3) is 11.6 Å². The van der Waals surface area contributed by atoms with E-state index in [4.69, 9.17) is 9.84 Å². The molecule has 1 aliphatic rings. The molecule has 2 atom stereocenters. The first-order chi connectivity index (χ1) is 14.3. The number of anilines is 2. The predicted molar refractivity (Wildman–Crippen MR) is 111 cm³/mol. The summed E-state index contributed by atoms with van der Waals surface area (Å²) in [6, 6.07) is 11.2. The average molecular weight is 413 g/mol. The molecule has 2 N–H and O–H groups in total. The molecule has 0 aliphatic carbocycles. The first-order valence-electron chi connectivity index (χ1n) is 9.58. The second-order valence-corrected chi connectivity index (χ2v) is 7.08. The maximum Gasteiger partial charge on any atom is 0.341 e. The number of nitrogens with one attached hydrogen (secondary N) is 1. The van der Waals surface area contributed by atoms with Gasteiger partial charge in [-0.2, -0.15) is 0 Å². The van der Waals surface area contributed by atoms with E-state index in [-0.39, 0.29) is 42.0 Å². The van der Waals surface area contributed by atoms with E-state index in [9.17, 15) is 19.7 Å². The summed E-state index contributed by atoms with van der Waals surface area (Å²) in [5.74, 6) is -1.23. The van der Waals surface area contributed by atoms with Gasteiger partial charge in [0.2, 0.25) is 0 Å². The van der Waals surface area contributed by atoms with Crippen molar-refractivity contribution in [3.63, 3.8) is 0 Å². The number of ether oxygens (including phenoxy) is 1. The number of nitro benzene ring substituents is 1. The fourth-order valence-electron chi connectivity index (χ4n) is 3.53. The van der Waals surface area contributed by atoms with Gasteiger partial charge < -0.3 is 20.1 Å². The van der Waals surface area contributed by atoms with Gasteiger partial charge in [-0.15, -0.1) is 0 Å². The summed E-state index contributed by atoms with van der Waals surface area (Å²) in [7, 11) is 0. The zero-order valence-corrected chi connectivity index (χ0v) is 16.7. The summed E-state index contributed by atoms with van der Waals surface area (Å²) in [6.07, 6.45) is -0.376. The van der Waals surface area contributed by atoms with E-state index in [2.05, 4.69) is 5.32 Å². The normalized spacial score (nSPS) is 16.0. The number of nitrogens with zero attached hydrogens (tertiary/aromatic N) is 2. The molecule has 9 nitrogen and oxygen atoms in total. The van der Waals surface area contributed by atoms with Gasteiger partial charge in [0.05, 0.1) is 17.1 Å². The molecule has 0 radical (unpaired) electrons. The van der Waals surface area contributed by atoms with Crippen molar-refractivity contribution in [1.82, 2.24) is 0 Å². The van der Waals surface area contributed by atoms with E-state index in [0.717, 1.165) is 17.3 Å². The topological polar surface area (TPSA) is 122 Å². The van der Waals surface area contributed by atoms with Crippen molar-refractivity contribution in [2.24, 2.45) is 0 Å². The Morgan fingerprint density at radius 2 is 2.07 bits per heavy atom. The quantitative estimate of drug-likeness (QED) is 0.406. The summed E-state index contributed by atoms with van der Waals surface area (Å²) in [4.78, 5) is 37.8. The molecule has 1 amide bonds. The number of fused-ring (bicyclic) bond motifs is 1. The van der Waals surface area contributed by atoms with Gasteiger partial charge in [-0.05, 0) is 38.0 Å². The first-order valence-corrected chi connectivity index (χ1v) is 9.58. The van der Waals surface area contributed by atoms with Gasteiger partial charge in [0.1, 0.15) is 0 Å². The van der Waals surface area contributed by atoms with Gasteiger partial charge in [-0.25, -0.2) is 4.79 Å². The van der Waals surface area contributed by atoms with E-state index in [1.165, 1.54) is 19.1 Å². The Kier molecular flexibility index (Phi) is 6.31. The van der Waals surface area contributed by atoms with Crippen LogP contribution in [0.4, 0.5) is 17.1 Å². The molecule has 0 saturated heterocycles. The zero-order valence-electron chi connectivity index (χ0n) is 16.7. The summed E-state index contributed by atoms with van der Waals surface area (Å²) < 4.78 is 5.37. The third-order valence-corrected chi connectivity index (χ3v) is 4.94. The maximum atomic E-state index is 13.0. The second-order valence-electron chi connectivity index (χ2n) is 7.08. The summed E-state index contributed by atoms with van der Waals surface area (Å²) in [5, 5.41) is 22.9. The third kappa shape index (κ3) is 4.25.